The van der Waals surface area contributed by atoms with Crippen molar-refractivity contribution in [3.05, 3.63) is 35.6 Å². The van der Waals surface area contributed by atoms with E-state index >= 15 is 0 Å². The average Bonchev–Trinajstić information content (AvgIpc) is 2.62. The van der Waals surface area contributed by atoms with Crippen molar-refractivity contribution in [2.75, 3.05) is 39.4 Å². The Bertz CT molecular complexity index is 513. The number of hydrogen-bond donors (Lipinski definition) is 1. The lowest BCUT2D eigenvalue weighted by Gasteiger charge is -2.42. The van der Waals surface area contributed by atoms with Crippen LogP contribution < -0.4 is 5.32 Å². The third-order valence-electron chi connectivity index (χ3n) is 6.05. The SMILES string of the molecule is CCN1CC[C@H](NCC2(c3ccc(F)cc3)CCOCC2)[C@@H](C)C1. The lowest BCUT2D eigenvalue weighted by atomic mass is 9.73. The van der Waals surface area contributed by atoms with Crippen LogP contribution in [0.15, 0.2) is 24.3 Å². The summed E-state index contributed by atoms with van der Waals surface area (Å²) in [6, 6.07) is 7.69. The maximum absolute atomic E-state index is 13.3. The highest BCUT2D eigenvalue weighted by atomic mass is 19.1. The van der Waals surface area contributed by atoms with Crippen LogP contribution in [0.2, 0.25) is 0 Å². The van der Waals surface area contributed by atoms with E-state index < -0.39 is 0 Å². The average molecular weight is 334 g/mol. The minimum absolute atomic E-state index is 0.0769. The Labute approximate surface area is 145 Å². The van der Waals surface area contributed by atoms with Crippen molar-refractivity contribution in [1.29, 1.82) is 0 Å². The summed E-state index contributed by atoms with van der Waals surface area (Å²) < 4.78 is 18.9. The van der Waals surface area contributed by atoms with Gasteiger partial charge in [0.2, 0.25) is 0 Å². The van der Waals surface area contributed by atoms with E-state index in [0.717, 1.165) is 39.1 Å². The summed E-state index contributed by atoms with van der Waals surface area (Å²) >= 11 is 0. The van der Waals surface area contributed by atoms with Gasteiger partial charge in [-0.2, -0.15) is 0 Å². The topological polar surface area (TPSA) is 24.5 Å². The Kier molecular flexibility index (Phi) is 5.90. The minimum atomic E-state index is -0.158. The summed E-state index contributed by atoms with van der Waals surface area (Å²) in [6.45, 7) is 10.7. The van der Waals surface area contributed by atoms with Crippen LogP contribution in [0.1, 0.15) is 38.7 Å². The van der Waals surface area contributed by atoms with Crippen molar-refractivity contribution in [3.63, 3.8) is 0 Å². The highest BCUT2D eigenvalue weighted by Gasteiger charge is 2.36. The molecule has 0 unspecified atom stereocenters. The fourth-order valence-corrected chi connectivity index (χ4v) is 4.28. The molecule has 2 atom stereocenters. The van der Waals surface area contributed by atoms with Crippen LogP contribution in [0.3, 0.4) is 0 Å². The minimum Gasteiger partial charge on any atom is -0.381 e. The molecule has 1 N–H and O–H groups in total. The first kappa shape index (κ1) is 17.8. The van der Waals surface area contributed by atoms with E-state index in [4.69, 9.17) is 4.74 Å². The fraction of sp³-hybridized carbons (Fsp3) is 0.700. The Hall–Kier alpha value is -0.970. The molecule has 0 aromatic heterocycles. The first-order valence-electron chi connectivity index (χ1n) is 9.42. The zero-order chi connectivity index (χ0) is 17.0. The molecular formula is C20H31FN2O. The van der Waals surface area contributed by atoms with Crippen LogP contribution in [-0.2, 0) is 10.2 Å². The number of hydrogen-bond acceptors (Lipinski definition) is 3. The molecular weight excluding hydrogens is 303 g/mol. The number of piperidine rings is 1. The van der Waals surface area contributed by atoms with Crippen molar-refractivity contribution in [2.45, 2.75) is 44.6 Å². The van der Waals surface area contributed by atoms with Gasteiger partial charge in [0.25, 0.3) is 0 Å². The summed E-state index contributed by atoms with van der Waals surface area (Å²) in [6.07, 6.45) is 3.23. The summed E-state index contributed by atoms with van der Waals surface area (Å²) in [5, 5.41) is 3.86. The molecule has 2 fully saturated rings. The number of likely N-dealkylation sites (tertiary alicyclic amines) is 1. The second-order valence-electron chi connectivity index (χ2n) is 7.55. The largest absolute Gasteiger partial charge is 0.381 e. The van der Waals surface area contributed by atoms with E-state index in [9.17, 15) is 4.39 Å². The first-order chi connectivity index (χ1) is 11.6. The Balaban J connectivity index is 1.68. The smallest absolute Gasteiger partial charge is 0.123 e. The van der Waals surface area contributed by atoms with Crippen LogP contribution in [0.25, 0.3) is 0 Å². The molecule has 2 aliphatic heterocycles. The van der Waals surface area contributed by atoms with Gasteiger partial charge in [-0.05, 0) is 56.0 Å². The number of rotatable bonds is 5. The monoisotopic (exact) mass is 334 g/mol. The maximum atomic E-state index is 13.3. The van der Waals surface area contributed by atoms with Gasteiger partial charge in [0, 0.05) is 37.8 Å². The Morgan fingerprint density at radius 2 is 1.96 bits per heavy atom. The van der Waals surface area contributed by atoms with E-state index in [1.54, 1.807) is 12.1 Å². The summed E-state index contributed by atoms with van der Waals surface area (Å²) in [5.41, 5.74) is 1.33. The van der Waals surface area contributed by atoms with Gasteiger partial charge in [0.1, 0.15) is 5.82 Å². The van der Waals surface area contributed by atoms with Crippen molar-refractivity contribution in [2.24, 2.45) is 5.92 Å². The molecule has 3 nitrogen and oxygen atoms in total. The van der Waals surface area contributed by atoms with Gasteiger partial charge in [-0.25, -0.2) is 4.39 Å². The molecule has 1 aromatic carbocycles. The zero-order valence-corrected chi connectivity index (χ0v) is 15.1. The molecule has 3 rings (SSSR count). The summed E-state index contributed by atoms with van der Waals surface area (Å²) in [5.74, 6) is 0.512. The van der Waals surface area contributed by atoms with Crippen molar-refractivity contribution in [3.8, 4) is 0 Å². The number of nitrogens with zero attached hydrogens (tertiary/aromatic N) is 1. The normalized spacial score (nSPS) is 28.0. The van der Waals surface area contributed by atoms with Crippen molar-refractivity contribution >= 4 is 0 Å². The van der Waals surface area contributed by atoms with Gasteiger partial charge in [-0.1, -0.05) is 26.0 Å². The van der Waals surface area contributed by atoms with Gasteiger partial charge < -0.3 is 15.0 Å². The quantitative estimate of drug-likeness (QED) is 0.895. The van der Waals surface area contributed by atoms with Gasteiger partial charge in [0.15, 0.2) is 0 Å². The predicted octanol–water partition coefficient (Wildman–Crippen LogP) is 3.19. The molecule has 0 radical (unpaired) electrons. The Morgan fingerprint density at radius 3 is 2.58 bits per heavy atom. The van der Waals surface area contributed by atoms with E-state index in [1.165, 1.54) is 25.1 Å². The van der Waals surface area contributed by atoms with E-state index in [0.29, 0.717) is 12.0 Å². The molecule has 0 spiro atoms. The number of halogens is 1. The molecule has 4 heteroatoms. The molecule has 2 aliphatic rings. The molecule has 1 aromatic rings. The molecule has 0 saturated carbocycles. The highest BCUT2D eigenvalue weighted by Crippen LogP contribution is 2.35. The van der Waals surface area contributed by atoms with Crippen molar-refractivity contribution in [1.82, 2.24) is 10.2 Å². The molecule has 2 saturated heterocycles. The van der Waals surface area contributed by atoms with Crippen LogP contribution >= 0.6 is 0 Å². The molecule has 0 bridgehead atoms. The van der Waals surface area contributed by atoms with E-state index in [-0.39, 0.29) is 11.2 Å². The highest BCUT2D eigenvalue weighted by molar-refractivity contribution is 5.27. The van der Waals surface area contributed by atoms with Crippen molar-refractivity contribution < 1.29 is 9.13 Å². The third kappa shape index (κ3) is 3.98. The molecule has 134 valence electrons. The second-order valence-corrected chi connectivity index (χ2v) is 7.55. The molecule has 0 aliphatic carbocycles. The van der Waals surface area contributed by atoms with Gasteiger partial charge in [-0.15, -0.1) is 0 Å². The fourth-order valence-electron chi connectivity index (χ4n) is 4.28. The van der Waals surface area contributed by atoms with Gasteiger partial charge in [0.05, 0.1) is 0 Å². The summed E-state index contributed by atoms with van der Waals surface area (Å²) in [7, 11) is 0. The summed E-state index contributed by atoms with van der Waals surface area (Å²) in [4.78, 5) is 2.53. The lowest BCUT2D eigenvalue weighted by molar-refractivity contribution is 0.0459. The van der Waals surface area contributed by atoms with Crippen LogP contribution in [0, 0.1) is 11.7 Å². The number of benzene rings is 1. The molecule has 0 amide bonds. The third-order valence-corrected chi connectivity index (χ3v) is 6.05. The van der Waals surface area contributed by atoms with E-state index in [2.05, 4.69) is 24.1 Å². The number of nitrogens with one attached hydrogen (secondary N) is 1. The van der Waals surface area contributed by atoms with Crippen LogP contribution in [0.4, 0.5) is 4.39 Å². The number of ether oxygens (including phenoxy) is 1. The van der Waals surface area contributed by atoms with Crippen LogP contribution in [-0.4, -0.2) is 50.3 Å². The van der Waals surface area contributed by atoms with Gasteiger partial charge in [-0.3, -0.25) is 0 Å². The second kappa shape index (κ2) is 7.94. The predicted molar refractivity (Wildman–Crippen MR) is 95.8 cm³/mol. The zero-order valence-electron chi connectivity index (χ0n) is 15.1. The first-order valence-corrected chi connectivity index (χ1v) is 9.42. The Morgan fingerprint density at radius 1 is 1.25 bits per heavy atom. The van der Waals surface area contributed by atoms with E-state index in [1.807, 2.05) is 12.1 Å². The van der Waals surface area contributed by atoms with Gasteiger partial charge >= 0.3 is 0 Å². The molecule has 24 heavy (non-hydrogen) atoms. The maximum Gasteiger partial charge on any atom is 0.123 e. The molecule has 2 heterocycles. The van der Waals surface area contributed by atoms with Crippen LogP contribution in [0.5, 0.6) is 0 Å². The standard InChI is InChI=1S/C20H31FN2O/c1-3-23-11-8-19(16(2)14-23)22-15-20(9-12-24-13-10-20)17-4-6-18(21)7-5-17/h4-7,16,19,22H,3,8-15H2,1-2H3/t16-,19-/m0/s1. The lowest BCUT2D eigenvalue weighted by Crippen LogP contribution is -2.52.